The van der Waals surface area contributed by atoms with Crippen LogP contribution in [0, 0.1) is 5.92 Å². The van der Waals surface area contributed by atoms with Crippen LogP contribution in [0.4, 0.5) is 4.79 Å². The van der Waals surface area contributed by atoms with Gasteiger partial charge in [-0.2, -0.15) is 0 Å². The van der Waals surface area contributed by atoms with E-state index in [9.17, 15) is 9.59 Å². The van der Waals surface area contributed by atoms with Crippen LogP contribution in [0.2, 0.25) is 0 Å². The molecule has 17 heavy (non-hydrogen) atoms. The SMILES string of the molecule is C=CCN(C(=O)N[C@@H](C(=O)O)C(C)C)C1CC1. The van der Waals surface area contributed by atoms with Crippen molar-refractivity contribution in [3.63, 3.8) is 0 Å². The van der Waals surface area contributed by atoms with Crippen molar-refractivity contribution in [1.82, 2.24) is 10.2 Å². The van der Waals surface area contributed by atoms with Gasteiger partial charge in [0.15, 0.2) is 0 Å². The van der Waals surface area contributed by atoms with Crippen LogP contribution in [-0.4, -0.2) is 40.6 Å². The molecule has 1 aliphatic rings. The molecule has 0 spiro atoms. The molecule has 1 aliphatic carbocycles. The molecular formula is C12H20N2O3. The number of carboxylic acids is 1. The van der Waals surface area contributed by atoms with Gasteiger partial charge < -0.3 is 15.3 Å². The van der Waals surface area contributed by atoms with E-state index in [1.807, 2.05) is 0 Å². The van der Waals surface area contributed by atoms with E-state index in [2.05, 4.69) is 11.9 Å². The topological polar surface area (TPSA) is 69.6 Å². The number of aliphatic carboxylic acids is 1. The van der Waals surface area contributed by atoms with Gasteiger partial charge in [0.05, 0.1) is 0 Å². The maximum Gasteiger partial charge on any atom is 0.326 e. The van der Waals surface area contributed by atoms with Crippen LogP contribution in [0.15, 0.2) is 12.7 Å². The zero-order valence-electron chi connectivity index (χ0n) is 10.3. The highest BCUT2D eigenvalue weighted by Crippen LogP contribution is 2.26. The number of nitrogens with zero attached hydrogens (tertiary/aromatic N) is 1. The number of amides is 2. The minimum absolute atomic E-state index is 0.138. The quantitative estimate of drug-likeness (QED) is 0.690. The second-order valence-corrected chi connectivity index (χ2v) is 4.68. The van der Waals surface area contributed by atoms with Gasteiger partial charge >= 0.3 is 12.0 Å². The minimum atomic E-state index is -0.997. The van der Waals surface area contributed by atoms with Gasteiger partial charge in [0.2, 0.25) is 0 Å². The highest BCUT2D eigenvalue weighted by molar-refractivity contribution is 5.83. The molecule has 1 fully saturated rings. The van der Waals surface area contributed by atoms with Gasteiger partial charge in [-0.1, -0.05) is 19.9 Å². The summed E-state index contributed by atoms with van der Waals surface area (Å²) in [5.41, 5.74) is 0. The molecule has 1 rings (SSSR count). The van der Waals surface area contributed by atoms with E-state index in [0.29, 0.717) is 6.54 Å². The Balaban J connectivity index is 2.60. The predicted octanol–water partition coefficient (Wildman–Crippen LogP) is 1.46. The van der Waals surface area contributed by atoms with E-state index in [4.69, 9.17) is 5.11 Å². The van der Waals surface area contributed by atoms with Crippen LogP contribution >= 0.6 is 0 Å². The van der Waals surface area contributed by atoms with E-state index in [1.165, 1.54) is 0 Å². The highest BCUT2D eigenvalue weighted by atomic mass is 16.4. The molecule has 0 saturated heterocycles. The third-order valence-electron chi connectivity index (χ3n) is 2.79. The number of nitrogens with one attached hydrogen (secondary N) is 1. The first kappa shape index (κ1) is 13.5. The molecule has 0 unspecified atom stereocenters. The summed E-state index contributed by atoms with van der Waals surface area (Å²) in [5, 5.41) is 11.6. The Morgan fingerprint density at radius 2 is 2.12 bits per heavy atom. The van der Waals surface area contributed by atoms with Crippen molar-refractivity contribution < 1.29 is 14.7 Å². The Bertz CT molecular complexity index is 311. The van der Waals surface area contributed by atoms with E-state index in [-0.39, 0.29) is 18.0 Å². The largest absolute Gasteiger partial charge is 0.480 e. The normalized spacial score (nSPS) is 16.4. The van der Waals surface area contributed by atoms with Gasteiger partial charge in [-0.3, -0.25) is 0 Å². The number of carbonyl (C=O) groups excluding carboxylic acids is 1. The Morgan fingerprint density at radius 3 is 2.47 bits per heavy atom. The number of carboxylic acid groups (broad SMARTS) is 1. The van der Waals surface area contributed by atoms with E-state index >= 15 is 0 Å². The monoisotopic (exact) mass is 240 g/mol. The molecular weight excluding hydrogens is 220 g/mol. The van der Waals surface area contributed by atoms with Crippen LogP contribution in [0.25, 0.3) is 0 Å². The molecule has 5 heteroatoms. The Morgan fingerprint density at radius 1 is 1.53 bits per heavy atom. The third-order valence-corrected chi connectivity index (χ3v) is 2.79. The second kappa shape index (κ2) is 5.70. The van der Waals surface area contributed by atoms with Crippen LogP contribution in [0.3, 0.4) is 0 Å². The van der Waals surface area contributed by atoms with E-state index in [0.717, 1.165) is 12.8 Å². The predicted molar refractivity (Wildman–Crippen MR) is 64.7 cm³/mol. The number of hydrogen-bond donors (Lipinski definition) is 2. The van der Waals surface area contributed by atoms with Gasteiger partial charge in [0.1, 0.15) is 6.04 Å². The summed E-state index contributed by atoms with van der Waals surface area (Å²) < 4.78 is 0. The Hall–Kier alpha value is -1.52. The molecule has 0 radical (unpaired) electrons. The molecule has 96 valence electrons. The fraction of sp³-hybridized carbons (Fsp3) is 0.667. The summed E-state index contributed by atoms with van der Waals surface area (Å²) in [6, 6.07) is -0.906. The molecule has 0 bridgehead atoms. The smallest absolute Gasteiger partial charge is 0.326 e. The van der Waals surface area contributed by atoms with Crippen molar-refractivity contribution in [3.05, 3.63) is 12.7 Å². The molecule has 0 aromatic rings. The molecule has 2 N–H and O–H groups in total. The van der Waals surface area contributed by atoms with Gasteiger partial charge in [-0.05, 0) is 18.8 Å². The average molecular weight is 240 g/mol. The molecule has 2 amide bonds. The lowest BCUT2D eigenvalue weighted by Gasteiger charge is -2.25. The third kappa shape index (κ3) is 3.76. The van der Waals surface area contributed by atoms with Gasteiger partial charge in [-0.25, -0.2) is 9.59 Å². The van der Waals surface area contributed by atoms with Gasteiger partial charge in [0.25, 0.3) is 0 Å². The fourth-order valence-corrected chi connectivity index (χ4v) is 1.65. The van der Waals surface area contributed by atoms with Crippen LogP contribution < -0.4 is 5.32 Å². The molecule has 5 nitrogen and oxygen atoms in total. The fourth-order valence-electron chi connectivity index (χ4n) is 1.65. The number of urea groups is 1. The summed E-state index contributed by atoms with van der Waals surface area (Å²) >= 11 is 0. The van der Waals surface area contributed by atoms with Crippen molar-refractivity contribution in [2.75, 3.05) is 6.54 Å². The van der Waals surface area contributed by atoms with E-state index in [1.54, 1.807) is 24.8 Å². The first-order valence-corrected chi connectivity index (χ1v) is 5.88. The first-order valence-electron chi connectivity index (χ1n) is 5.88. The zero-order valence-corrected chi connectivity index (χ0v) is 10.3. The van der Waals surface area contributed by atoms with Crippen molar-refractivity contribution in [2.45, 2.75) is 38.8 Å². The lowest BCUT2D eigenvalue weighted by atomic mass is 10.1. The average Bonchev–Trinajstić information content (AvgIpc) is 3.04. The second-order valence-electron chi connectivity index (χ2n) is 4.68. The standard InChI is InChI=1S/C12H20N2O3/c1-4-7-14(9-5-6-9)12(17)13-10(8(2)3)11(15)16/h4,8-10H,1,5-7H2,2-3H3,(H,13,17)(H,15,16)/t10-/m1/s1. The zero-order chi connectivity index (χ0) is 13.0. The van der Waals surface area contributed by atoms with Crippen LogP contribution in [-0.2, 0) is 4.79 Å². The Labute approximate surface area is 101 Å². The molecule has 0 aromatic carbocycles. The molecule has 0 aromatic heterocycles. The van der Waals surface area contributed by atoms with Gasteiger partial charge in [-0.15, -0.1) is 6.58 Å². The van der Waals surface area contributed by atoms with Crippen molar-refractivity contribution >= 4 is 12.0 Å². The molecule has 1 atom stereocenters. The number of hydrogen-bond acceptors (Lipinski definition) is 2. The molecule has 0 heterocycles. The van der Waals surface area contributed by atoms with E-state index < -0.39 is 12.0 Å². The highest BCUT2D eigenvalue weighted by Gasteiger charge is 2.34. The minimum Gasteiger partial charge on any atom is -0.480 e. The summed E-state index contributed by atoms with van der Waals surface area (Å²) in [7, 11) is 0. The molecule has 1 saturated carbocycles. The lowest BCUT2D eigenvalue weighted by molar-refractivity contribution is -0.140. The molecule has 0 aliphatic heterocycles. The summed E-state index contributed by atoms with van der Waals surface area (Å²) in [6.45, 7) is 7.61. The lowest BCUT2D eigenvalue weighted by Crippen LogP contribution is -2.50. The maximum absolute atomic E-state index is 11.9. The maximum atomic E-state index is 11.9. The van der Waals surface area contributed by atoms with Crippen molar-refractivity contribution in [1.29, 1.82) is 0 Å². The first-order chi connectivity index (χ1) is 7.97. The summed E-state index contributed by atoms with van der Waals surface area (Å²) in [4.78, 5) is 24.6. The van der Waals surface area contributed by atoms with Gasteiger partial charge in [0, 0.05) is 12.6 Å². The summed E-state index contributed by atoms with van der Waals surface area (Å²) in [6.07, 6.45) is 3.63. The number of rotatable bonds is 6. The number of carbonyl (C=O) groups is 2. The van der Waals surface area contributed by atoms with Crippen molar-refractivity contribution in [3.8, 4) is 0 Å². The van der Waals surface area contributed by atoms with Crippen molar-refractivity contribution in [2.24, 2.45) is 5.92 Å². The van der Waals surface area contributed by atoms with Crippen LogP contribution in [0.5, 0.6) is 0 Å². The Kier molecular flexibility index (Phi) is 4.54. The summed E-state index contributed by atoms with van der Waals surface area (Å²) in [5.74, 6) is -1.14. The van der Waals surface area contributed by atoms with Crippen LogP contribution in [0.1, 0.15) is 26.7 Å².